The van der Waals surface area contributed by atoms with E-state index in [1.54, 1.807) is 0 Å². The maximum Gasteiger partial charge on any atom is 0.0546 e. The van der Waals surface area contributed by atoms with Gasteiger partial charge in [-0.1, -0.05) is 167 Å². The van der Waals surface area contributed by atoms with Crippen molar-refractivity contribution < 1.29 is 0 Å². The minimum atomic E-state index is 0.243. The van der Waals surface area contributed by atoms with Gasteiger partial charge in [0.05, 0.1) is 11.4 Å². The molecular weight excluding hydrogens is 725 g/mol. The SMILES string of the molecule is CC(C)c1ccc(N(c2ccccc2)c2cc(-c3ccccc3)c3ccc4c(N(c5ccccc5)c5ccc(C(C)C)cc5)cc(C5C=CC=CC5)c5ccc2c3c54)cc1. The van der Waals surface area contributed by atoms with Crippen molar-refractivity contribution >= 4 is 66.4 Å². The summed E-state index contributed by atoms with van der Waals surface area (Å²) in [6.07, 6.45) is 10.1. The average molecular weight is 775 g/mol. The summed E-state index contributed by atoms with van der Waals surface area (Å²) < 4.78 is 0. The molecule has 1 unspecified atom stereocenters. The summed E-state index contributed by atoms with van der Waals surface area (Å²) in [4.78, 5) is 4.94. The van der Waals surface area contributed by atoms with Crippen LogP contribution in [0.25, 0.3) is 43.4 Å². The molecule has 10 rings (SSSR count). The van der Waals surface area contributed by atoms with Crippen LogP contribution in [-0.4, -0.2) is 0 Å². The first-order valence-electron chi connectivity index (χ1n) is 21.5. The first kappa shape index (κ1) is 37.4. The van der Waals surface area contributed by atoms with E-state index in [1.807, 2.05) is 0 Å². The van der Waals surface area contributed by atoms with Gasteiger partial charge in [0.25, 0.3) is 0 Å². The Morgan fingerprint density at radius 1 is 0.433 bits per heavy atom. The smallest absolute Gasteiger partial charge is 0.0546 e. The molecule has 2 nitrogen and oxygen atoms in total. The second-order valence-electron chi connectivity index (χ2n) is 16.9. The monoisotopic (exact) mass is 774 g/mol. The van der Waals surface area contributed by atoms with Crippen molar-refractivity contribution in [2.75, 3.05) is 9.80 Å². The van der Waals surface area contributed by atoms with E-state index in [4.69, 9.17) is 0 Å². The molecule has 0 spiro atoms. The van der Waals surface area contributed by atoms with Gasteiger partial charge >= 0.3 is 0 Å². The van der Waals surface area contributed by atoms with Crippen LogP contribution in [0.4, 0.5) is 34.1 Å². The number of para-hydroxylation sites is 2. The number of allylic oxidation sites excluding steroid dienone is 4. The molecule has 292 valence electrons. The molecule has 0 saturated heterocycles. The Labute approximate surface area is 354 Å². The van der Waals surface area contributed by atoms with Crippen LogP contribution in [0.3, 0.4) is 0 Å². The van der Waals surface area contributed by atoms with Gasteiger partial charge in [-0.25, -0.2) is 0 Å². The van der Waals surface area contributed by atoms with E-state index in [2.05, 4.69) is 238 Å². The highest BCUT2D eigenvalue weighted by Crippen LogP contribution is 2.52. The summed E-state index contributed by atoms with van der Waals surface area (Å²) in [6.45, 7) is 9.05. The highest BCUT2D eigenvalue weighted by Gasteiger charge is 2.27. The van der Waals surface area contributed by atoms with Crippen molar-refractivity contribution in [3.63, 3.8) is 0 Å². The lowest BCUT2D eigenvalue weighted by atomic mass is 9.82. The summed E-state index contributed by atoms with van der Waals surface area (Å²) in [7, 11) is 0. The van der Waals surface area contributed by atoms with Crippen molar-refractivity contribution in [1.82, 2.24) is 0 Å². The van der Waals surface area contributed by atoms with Gasteiger partial charge in [-0.05, 0) is 123 Å². The lowest BCUT2D eigenvalue weighted by Gasteiger charge is -2.31. The fraction of sp³-hybridized carbons (Fsp3) is 0.138. The van der Waals surface area contributed by atoms with Crippen LogP contribution in [0.5, 0.6) is 0 Å². The predicted octanol–water partition coefficient (Wildman–Crippen LogP) is 17.0. The average Bonchev–Trinajstić information content (AvgIpc) is 3.30. The Bertz CT molecular complexity index is 2980. The molecule has 9 aromatic carbocycles. The number of hydrogen-bond donors (Lipinski definition) is 0. The second-order valence-corrected chi connectivity index (χ2v) is 16.9. The van der Waals surface area contributed by atoms with E-state index in [9.17, 15) is 0 Å². The zero-order valence-corrected chi connectivity index (χ0v) is 34.9. The predicted molar refractivity (Wildman–Crippen MR) is 259 cm³/mol. The third kappa shape index (κ3) is 6.63. The van der Waals surface area contributed by atoms with Crippen molar-refractivity contribution in [2.24, 2.45) is 0 Å². The zero-order chi connectivity index (χ0) is 40.7. The Kier molecular flexibility index (Phi) is 9.78. The third-order valence-electron chi connectivity index (χ3n) is 12.5. The van der Waals surface area contributed by atoms with Gasteiger partial charge in [0.1, 0.15) is 0 Å². The molecule has 0 heterocycles. The third-order valence-corrected chi connectivity index (χ3v) is 12.5. The molecule has 0 aliphatic heterocycles. The lowest BCUT2D eigenvalue weighted by molar-refractivity contribution is 0.862. The summed E-state index contributed by atoms with van der Waals surface area (Å²) in [5, 5.41) is 7.64. The number of rotatable bonds is 10. The molecule has 2 heteroatoms. The molecule has 0 bridgehead atoms. The van der Waals surface area contributed by atoms with Crippen molar-refractivity contribution in [1.29, 1.82) is 0 Å². The van der Waals surface area contributed by atoms with Crippen LogP contribution in [0.1, 0.15) is 68.6 Å². The molecule has 0 saturated carbocycles. The number of benzene rings is 9. The maximum absolute atomic E-state index is 2.49. The van der Waals surface area contributed by atoms with E-state index in [1.165, 1.54) is 65.8 Å². The fourth-order valence-corrected chi connectivity index (χ4v) is 9.35. The second kappa shape index (κ2) is 15.7. The van der Waals surface area contributed by atoms with Crippen LogP contribution in [0, 0.1) is 0 Å². The highest BCUT2D eigenvalue weighted by atomic mass is 15.1. The molecular formula is C58H50N2. The molecule has 0 N–H and O–H groups in total. The van der Waals surface area contributed by atoms with Gasteiger partial charge in [-0.2, -0.15) is 0 Å². The largest absolute Gasteiger partial charge is 0.310 e. The molecule has 1 aliphatic carbocycles. The van der Waals surface area contributed by atoms with Crippen LogP contribution < -0.4 is 9.80 Å². The molecule has 9 aromatic rings. The number of nitrogens with zero attached hydrogens (tertiary/aromatic N) is 2. The van der Waals surface area contributed by atoms with E-state index >= 15 is 0 Å². The number of hydrogen-bond acceptors (Lipinski definition) is 2. The van der Waals surface area contributed by atoms with Crippen LogP contribution in [-0.2, 0) is 0 Å². The van der Waals surface area contributed by atoms with Gasteiger partial charge in [0.2, 0.25) is 0 Å². The van der Waals surface area contributed by atoms with E-state index in [0.717, 1.165) is 34.9 Å². The topological polar surface area (TPSA) is 6.48 Å². The van der Waals surface area contributed by atoms with Crippen molar-refractivity contribution in [3.8, 4) is 11.1 Å². The molecule has 1 atom stereocenters. The molecule has 0 amide bonds. The summed E-state index contributed by atoms with van der Waals surface area (Å²) in [5.41, 5.74) is 13.4. The molecule has 1 aliphatic rings. The maximum atomic E-state index is 2.49. The summed E-state index contributed by atoms with van der Waals surface area (Å²) in [5.74, 6) is 1.14. The summed E-state index contributed by atoms with van der Waals surface area (Å²) >= 11 is 0. The molecule has 60 heavy (non-hydrogen) atoms. The Balaban J connectivity index is 1.34. The fourth-order valence-electron chi connectivity index (χ4n) is 9.35. The van der Waals surface area contributed by atoms with Crippen molar-refractivity contribution in [2.45, 2.75) is 51.9 Å². The zero-order valence-electron chi connectivity index (χ0n) is 34.9. The molecule has 0 aromatic heterocycles. The number of anilines is 6. The van der Waals surface area contributed by atoms with Crippen LogP contribution in [0.2, 0.25) is 0 Å². The standard InChI is InChI=1S/C58H50N2/c1-39(2)41-25-29-47(30-26-41)59(45-21-13-7-14-22-45)55-37-53(43-17-9-5-10-18-43)49-34-36-52-56(60(46-23-15-8-16-24-46)48-31-27-42(28-32-48)40(3)4)38-54(44-19-11-6-12-20-44)50-33-35-51(55)57(49)58(50)52/h5-19,21-40,44H,20H2,1-4H3. The first-order valence-corrected chi connectivity index (χ1v) is 21.5. The van der Waals surface area contributed by atoms with Crippen LogP contribution >= 0.6 is 0 Å². The van der Waals surface area contributed by atoms with Gasteiger partial charge in [-0.15, -0.1) is 0 Å². The van der Waals surface area contributed by atoms with Gasteiger partial charge in [-0.3, -0.25) is 0 Å². The normalized spacial score (nSPS) is 13.9. The summed E-state index contributed by atoms with van der Waals surface area (Å²) in [6, 6.07) is 65.6. The minimum Gasteiger partial charge on any atom is -0.310 e. The Morgan fingerprint density at radius 2 is 0.883 bits per heavy atom. The Hall–Kier alpha value is -6.90. The van der Waals surface area contributed by atoms with Gasteiger partial charge in [0, 0.05) is 44.8 Å². The van der Waals surface area contributed by atoms with Gasteiger partial charge < -0.3 is 9.80 Å². The Morgan fingerprint density at radius 3 is 1.38 bits per heavy atom. The quantitative estimate of drug-likeness (QED) is 0.128. The van der Waals surface area contributed by atoms with Crippen molar-refractivity contribution in [3.05, 3.63) is 217 Å². The first-order chi connectivity index (χ1) is 29.4. The van der Waals surface area contributed by atoms with E-state index in [0.29, 0.717) is 11.8 Å². The lowest BCUT2D eigenvalue weighted by Crippen LogP contribution is -2.13. The van der Waals surface area contributed by atoms with E-state index in [-0.39, 0.29) is 5.92 Å². The molecule has 0 radical (unpaired) electrons. The van der Waals surface area contributed by atoms with E-state index < -0.39 is 0 Å². The minimum absolute atomic E-state index is 0.243. The molecule has 0 fully saturated rings. The van der Waals surface area contributed by atoms with Gasteiger partial charge in [0.15, 0.2) is 0 Å². The highest BCUT2D eigenvalue weighted by molar-refractivity contribution is 6.31. The van der Waals surface area contributed by atoms with Crippen LogP contribution in [0.15, 0.2) is 200 Å².